The predicted molar refractivity (Wildman–Crippen MR) is 69.6 cm³/mol. The summed E-state index contributed by atoms with van der Waals surface area (Å²) in [6.07, 6.45) is 2.97. The molecule has 1 N–H and O–H groups in total. The van der Waals surface area contributed by atoms with Crippen molar-refractivity contribution < 1.29 is 18.6 Å². The van der Waals surface area contributed by atoms with Gasteiger partial charge in [0.1, 0.15) is 12.4 Å². The molecule has 0 radical (unpaired) electrons. The van der Waals surface area contributed by atoms with Crippen LogP contribution in [-0.2, 0) is 26.2 Å². The van der Waals surface area contributed by atoms with Crippen LogP contribution in [0.2, 0.25) is 0 Å². The first-order valence-electron chi connectivity index (χ1n) is 6.81. The van der Waals surface area contributed by atoms with E-state index < -0.39 is 24.0 Å². The van der Waals surface area contributed by atoms with E-state index in [2.05, 4.69) is 10.2 Å². The van der Waals surface area contributed by atoms with E-state index in [1.165, 1.54) is 0 Å². The quantitative estimate of drug-likeness (QED) is 0.936. The highest BCUT2D eigenvalue weighted by atomic mass is 19.1. The summed E-state index contributed by atoms with van der Waals surface area (Å²) in [5, 5.41) is 17.0. The van der Waals surface area contributed by atoms with Crippen molar-refractivity contribution >= 4 is 0 Å². The third-order valence-electron chi connectivity index (χ3n) is 3.52. The van der Waals surface area contributed by atoms with Gasteiger partial charge in [-0.05, 0) is 30.5 Å². The highest BCUT2D eigenvalue weighted by Crippen LogP contribution is 2.24. The highest BCUT2D eigenvalue weighted by Gasteiger charge is 2.18. The van der Waals surface area contributed by atoms with Crippen LogP contribution in [0.5, 0.6) is 5.75 Å². The van der Waals surface area contributed by atoms with Crippen LogP contribution < -0.4 is 4.74 Å². The fraction of sp³-hybridized carbons (Fsp3) is 0.429. The molecule has 2 aromatic rings. The van der Waals surface area contributed by atoms with E-state index in [1.54, 1.807) is 0 Å². The predicted octanol–water partition coefficient (Wildman–Crippen LogP) is 1.96. The van der Waals surface area contributed by atoms with Gasteiger partial charge in [-0.15, -0.1) is 10.2 Å². The first-order chi connectivity index (χ1) is 10.2. The minimum absolute atomic E-state index is 0.0423. The van der Waals surface area contributed by atoms with Crippen molar-refractivity contribution in [1.29, 1.82) is 0 Å². The fourth-order valence-electron chi connectivity index (χ4n) is 2.45. The van der Waals surface area contributed by atoms with E-state index in [9.17, 15) is 8.78 Å². The van der Waals surface area contributed by atoms with Crippen LogP contribution in [0.1, 0.15) is 30.1 Å². The minimum atomic E-state index is -0.836. The van der Waals surface area contributed by atoms with Crippen molar-refractivity contribution in [2.75, 3.05) is 0 Å². The van der Waals surface area contributed by atoms with Crippen LogP contribution in [0, 0.1) is 11.6 Å². The normalized spacial score (nSPS) is 14.0. The van der Waals surface area contributed by atoms with Crippen LogP contribution in [0.15, 0.2) is 12.1 Å². The Bertz CT molecular complexity index is 635. The van der Waals surface area contributed by atoms with Gasteiger partial charge in [0.25, 0.3) is 0 Å². The Morgan fingerprint density at radius 2 is 1.95 bits per heavy atom. The molecule has 1 aliphatic rings. The summed E-state index contributed by atoms with van der Waals surface area (Å²) < 4.78 is 34.6. The van der Waals surface area contributed by atoms with E-state index >= 15 is 0 Å². The number of fused-ring (bicyclic) bond motifs is 1. The lowest BCUT2D eigenvalue weighted by atomic mass is 10.2. The van der Waals surface area contributed by atoms with E-state index in [1.807, 2.05) is 4.57 Å². The van der Waals surface area contributed by atoms with E-state index in [-0.39, 0.29) is 12.2 Å². The molecule has 21 heavy (non-hydrogen) atoms. The lowest BCUT2D eigenvalue weighted by Crippen LogP contribution is -2.15. The number of nitrogens with zero attached hydrogens (tertiary/aromatic N) is 3. The molecule has 0 unspecified atom stereocenters. The molecule has 7 heteroatoms. The molecule has 0 aliphatic carbocycles. The topological polar surface area (TPSA) is 60.2 Å². The average Bonchev–Trinajstić information content (AvgIpc) is 2.89. The molecule has 0 fully saturated rings. The number of aliphatic hydroxyl groups excluding tert-OH is 1. The monoisotopic (exact) mass is 295 g/mol. The molecule has 0 bridgehead atoms. The van der Waals surface area contributed by atoms with Crippen LogP contribution in [0.4, 0.5) is 8.78 Å². The molecule has 1 aliphatic heterocycles. The zero-order valence-corrected chi connectivity index (χ0v) is 11.4. The van der Waals surface area contributed by atoms with Crippen LogP contribution in [0.3, 0.4) is 0 Å². The van der Waals surface area contributed by atoms with Gasteiger partial charge in [-0.1, -0.05) is 0 Å². The molecule has 2 heterocycles. The van der Waals surface area contributed by atoms with Gasteiger partial charge in [-0.3, -0.25) is 0 Å². The molecule has 0 amide bonds. The maximum atomic E-state index is 13.7. The Balaban J connectivity index is 1.78. The largest absolute Gasteiger partial charge is 0.479 e. The lowest BCUT2D eigenvalue weighted by Gasteiger charge is -2.15. The smallest absolute Gasteiger partial charge is 0.191 e. The second-order valence-corrected chi connectivity index (χ2v) is 4.98. The average molecular weight is 295 g/mol. The number of aromatic nitrogens is 3. The van der Waals surface area contributed by atoms with Gasteiger partial charge in [0, 0.05) is 13.0 Å². The molecule has 0 atom stereocenters. The third kappa shape index (κ3) is 2.73. The molecule has 0 spiro atoms. The standard InChI is InChI=1S/C14H15F2N3O2/c15-10-5-9(7-20)6-11(16)14(10)21-8-13-18-17-12-3-1-2-4-19(12)13/h5-6,20H,1-4,7-8H2. The van der Waals surface area contributed by atoms with Gasteiger partial charge in [0.05, 0.1) is 6.61 Å². The summed E-state index contributed by atoms with van der Waals surface area (Å²) >= 11 is 0. The van der Waals surface area contributed by atoms with Gasteiger partial charge in [-0.25, -0.2) is 8.78 Å². The van der Waals surface area contributed by atoms with Gasteiger partial charge in [0.15, 0.2) is 23.2 Å². The second-order valence-electron chi connectivity index (χ2n) is 4.98. The summed E-state index contributed by atoms with van der Waals surface area (Å²) in [6, 6.07) is 2.11. The zero-order chi connectivity index (χ0) is 14.8. The van der Waals surface area contributed by atoms with Gasteiger partial charge in [0.2, 0.25) is 0 Å². The maximum absolute atomic E-state index is 13.7. The van der Waals surface area contributed by atoms with Gasteiger partial charge in [-0.2, -0.15) is 0 Å². The maximum Gasteiger partial charge on any atom is 0.191 e. The Hall–Kier alpha value is -2.02. The second kappa shape index (κ2) is 5.77. The molecule has 5 nitrogen and oxygen atoms in total. The zero-order valence-electron chi connectivity index (χ0n) is 11.4. The molecular formula is C14H15F2N3O2. The number of benzene rings is 1. The first-order valence-corrected chi connectivity index (χ1v) is 6.81. The Morgan fingerprint density at radius 3 is 2.67 bits per heavy atom. The van der Waals surface area contributed by atoms with E-state index in [0.717, 1.165) is 43.8 Å². The van der Waals surface area contributed by atoms with Crippen LogP contribution in [-0.4, -0.2) is 19.9 Å². The minimum Gasteiger partial charge on any atom is -0.479 e. The fourth-order valence-corrected chi connectivity index (χ4v) is 2.45. The highest BCUT2D eigenvalue weighted by molar-refractivity contribution is 5.31. The number of hydrogen-bond acceptors (Lipinski definition) is 4. The molecule has 112 valence electrons. The van der Waals surface area contributed by atoms with Crippen molar-refractivity contribution in [3.63, 3.8) is 0 Å². The van der Waals surface area contributed by atoms with Crippen molar-refractivity contribution in [3.8, 4) is 5.75 Å². The SMILES string of the molecule is OCc1cc(F)c(OCc2nnc3n2CCCC3)c(F)c1. The Morgan fingerprint density at radius 1 is 1.19 bits per heavy atom. The van der Waals surface area contributed by atoms with Gasteiger partial charge < -0.3 is 14.4 Å². The summed E-state index contributed by atoms with van der Waals surface area (Å²) in [5.74, 6) is -0.679. The van der Waals surface area contributed by atoms with E-state index in [0.29, 0.717) is 5.82 Å². The van der Waals surface area contributed by atoms with Crippen molar-refractivity contribution in [2.24, 2.45) is 0 Å². The molecular weight excluding hydrogens is 280 g/mol. The van der Waals surface area contributed by atoms with Crippen LogP contribution in [0.25, 0.3) is 0 Å². The van der Waals surface area contributed by atoms with Crippen molar-refractivity contribution in [1.82, 2.24) is 14.8 Å². The van der Waals surface area contributed by atoms with Crippen LogP contribution >= 0.6 is 0 Å². The number of ether oxygens (including phenoxy) is 1. The molecule has 1 aromatic carbocycles. The summed E-state index contributed by atoms with van der Waals surface area (Å²) in [7, 11) is 0. The number of aliphatic hydroxyl groups is 1. The number of aryl methyl sites for hydroxylation is 1. The first kappa shape index (κ1) is 13.9. The Kier molecular flexibility index (Phi) is 3.83. The molecule has 1 aromatic heterocycles. The van der Waals surface area contributed by atoms with Crippen molar-refractivity contribution in [3.05, 3.63) is 41.0 Å². The van der Waals surface area contributed by atoms with Gasteiger partial charge >= 0.3 is 0 Å². The summed E-state index contributed by atoms with van der Waals surface area (Å²) in [4.78, 5) is 0. The summed E-state index contributed by atoms with van der Waals surface area (Å²) in [6.45, 7) is 0.334. The molecule has 0 saturated heterocycles. The third-order valence-corrected chi connectivity index (χ3v) is 3.52. The number of hydrogen-bond donors (Lipinski definition) is 1. The number of halogens is 2. The molecule has 0 saturated carbocycles. The molecule has 3 rings (SSSR count). The number of rotatable bonds is 4. The Labute approximate surface area is 120 Å². The summed E-state index contributed by atoms with van der Waals surface area (Å²) in [5.41, 5.74) is 0.164. The lowest BCUT2D eigenvalue weighted by molar-refractivity contribution is 0.254. The van der Waals surface area contributed by atoms with E-state index in [4.69, 9.17) is 9.84 Å². The van der Waals surface area contributed by atoms with Crippen molar-refractivity contribution in [2.45, 2.75) is 39.0 Å².